The van der Waals surface area contributed by atoms with Crippen molar-refractivity contribution in [3.63, 3.8) is 0 Å². The second-order valence-corrected chi connectivity index (χ2v) is 9.93. The van der Waals surface area contributed by atoms with E-state index in [0.29, 0.717) is 29.7 Å². The predicted octanol–water partition coefficient (Wildman–Crippen LogP) is 5.22. The molecule has 2 aromatic carbocycles. The predicted molar refractivity (Wildman–Crippen MR) is 131 cm³/mol. The normalized spacial score (nSPS) is 16.3. The van der Waals surface area contributed by atoms with Crippen LogP contribution in [0, 0.1) is 18.6 Å². The number of rotatable bonds is 4. The van der Waals surface area contributed by atoms with E-state index in [2.05, 4.69) is 5.32 Å². The Labute approximate surface area is 208 Å². The summed E-state index contributed by atoms with van der Waals surface area (Å²) in [6.45, 7) is 8.23. The van der Waals surface area contributed by atoms with Crippen LogP contribution in [0.15, 0.2) is 34.7 Å². The second kappa shape index (κ2) is 9.89. The van der Waals surface area contributed by atoms with Gasteiger partial charge >= 0.3 is 6.09 Å². The highest BCUT2D eigenvalue weighted by Crippen LogP contribution is 2.38. The summed E-state index contributed by atoms with van der Waals surface area (Å²) in [5.41, 5.74) is 0.850. The molecule has 4 rings (SSSR count). The molecule has 2 heterocycles. The molecule has 3 aromatic rings. The third kappa shape index (κ3) is 5.36. The molecular formula is C27H30F2N2O5. The van der Waals surface area contributed by atoms with Crippen molar-refractivity contribution in [3.05, 3.63) is 58.7 Å². The first-order valence-electron chi connectivity index (χ1n) is 11.8. The maximum atomic E-state index is 15.2. The fourth-order valence-corrected chi connectivity index (χ4v) is 4.29. The van der Waals surface area contributed by atoms with Crippen LogP contribution in [0.3, 0.4) is 0 Å². The number of furan rings is 1. The van der Waals surface area contributed by atoms with Gasteiger partial charge in [0.15, 0.2) is 0 Å². The zero-order chi connectivity index (χ0) is 26.2. The molecule has 36 heavy (non-hydrogen) atoms. The fraction of sp³-hybridized carbons (Fsp3) is 0.407. The average Bonchev–Trinajstić information content (AvgIpc) is 3.13. The summed E-state index contributed by atoms with van der Waals surface area (Å²) >= 11 is 0. The minimum Gasteiger partial charge on any atom is -0.456 e. The number of fused-ring (bicyclic) bond motifs is 1. The van der Waals surface area contributed by atoms with E-state index in [4.69, 9.17) is 13.9 Å². The Hall–Kier alpha value is -3.46. The van der Waals surface area contributed by atoms with Gasteiger partial charge in [-0.15, -0.1) is 0 Å². The largest absolute Gasteiger partial charge is 0.456 e. The van der Waals surface area contributed by atoms with Gasteiger partial charge in [-0.25, -0.2) is 13.6 Å². The molecule has 192 valence electrons. The van der Waals surface area contributed by atoms with Gasteiger partial charge in [-0.05, 0) is 51.5 Å². The number of ether oxygens (including phenoxy) is 2. The van der Waals surface area contributed by atoms with Crippen LogP contribution in [-0.2, 0) is 15.9 Å². The minimum atomic E-state index is -0.912. The van der Waals surface area contributed by atoms with Crippen LogP contribution in [0.1, 0.15) is 42.3 Å². The number of hydrogen-bond donors (Lipinski definition) is 1. The minimum absolute atomic E-state index is 0.0343. The molecule has 1 saturated heterocycles. The SMILES string of the molecule is CNC(=O)c1cc(F)c(-c2oc3cc(C)ccc3c2C[C@H]2CN(C(=O)OC(C)(C)C)CCO2)c(F)c1. The standard InChI is InChI=1S/C27H30F2N2O5/c1-15-6-7-18-19(13-17-14-31(8-9-34-17)26(33)36-27(2,3)4)24(35-22(18)10-15)23-20(28)11-16(12-21(23)29)25(32)30-5/h6-7,10-12,17H,8-9,13-14H2,1-5H3,(H,30,32)/t17-/m0/s1. The van der Waals surface area contributed by atoms with Crippen LogP contribution < -0.4 is 5.32 Å². The van der Waals surface area contributed by atoms with Gasteiger partial charge in [-0.1, -0.05) is 12.1 Å². The highest BCUT2D eigenvalue weighted by Gasteiger charge is 2.31. The molecular weight excluding hydrogens is 470 g/mol. The Kier molecular flexibility index (Phi) is 7.04. The topological polar surface area (TPSA) is 81.0 Å². The molecule has 1 aliphatic heterocycles. The van der Waals surface area contributed by atoms with Crippen molar-refractivity contribution in [2.24, 2.45) is 0 Å². The van der Waals surface area contributed by atoms with Crippen LogP contribution >= 0.6 is 0 Å². The molecule has 0 bridgehead atoms. The van der Waals surface area contributed by atoms with Crippen molar-refractivity contribution in [1.29, 1.82) is 0 Å². The van der Waals surface area contributed by atoms with Gasteiger partial charge < -0.3 is 24.1 Å². The molecule has 1 atom stereocenters. The molecule has 0 spiro atoms. The van der Waals surface area contributed by atoms with Gasteiger partial charge in [0, 0.05) is 36.5 Å². The smallest absolute Gasteiger partial charge is 0.410 e. The van der Waals surface area contributed by atoms with E-state index in [1.54, 1.807) is 31.7 Å². The number of morpholine rings is 1. The first-order chi connectivity index (χ1) is 17.0. The van der Waals surface area contributed by atoms with E-state index in [0.717, 1.165) is 17.7 Å². The number of nitrogens with zero attached hydrogens (tertiary/aromatic N) is 1. The quantitative estimate of drug-likeness (QED) is 0.531. The molecule has 9 heteroatoms. The Balaban J connectivity index is 1.72. The van der Waals surface area contributed by atoms with E-state index in [1.807, 2.05) is 19.1 Å². The van der Waals surface area contributed by atoms with E-state index in [-0.39, 0.29) is 29.9 Å². The maximum absolute atomic E-state index is 15.2. The monoisotopic (exact) mass is 500 g/mol. The first kappa shape index (κ1) is 25.6. The van der Waals surface area contributed by atoms with Crippen molar-refractivity contribution >= 4 is 23.0 Å². The van der Waals surface area contributed by atoms with Gasteiger partial charge in [-0.2, -0.15) is 0 Å². The summed E-state index contributed by atoms with van der Waals surface area (Å²) in [5, 5.41) is 3.06. The van der Waals surface area contributed by atoms with Gasteiger partial charge in [0.05, 0.1) is 24.8 Å². The van der Waals surface area contributed by atoms with Crippen molar-refractivity contribution in [1.82, 2.24) is 10.2 Å². The van der Waals surface area contributed by atoms with Crippen molar-refractivity contribution in [2.45, 2.75) is 45.8 Å². The average molecular weight is 501 g/mol. The van der Waals surface area contributed by atoms with E-state index in [9.17, 15) is 9.59 Å². The molecule has 0 aliphatic carbocycles. The number of carbonyl (C=O) groups is 2. The summed E-state index contributed by atoms with van der Waals surface area (Å²) in [4.78, 5) is 26.1. The first-order valence-corrected chi connectivity index (χ1v) is 11.8. The Bertz CT molecular complexity index is 1290. The van der Waals surface area contributed by atoms with Gasteiger partial charge in [0.25, 0.3) is 5.91 Å². The van der Waals surface area contributed by atoms with Crippen molar-refractivity contribution in [3.8, 4) is 11.3 Å². The van der Waals surface area contributed by atoms with Gasteiger partial charge in [-0.3, -0.25) is 4.79 Å². The molecule has 2 amide bonds. The Morgan fingerprint density at radius 1 is 1.17 bits per heavy atom. The molecule has 0 unspecified atom stereocenters. The Morgan fingerprint density at radius 2 is 1.86 bits per heavy atom. The lowest BCUT2D eigenvalue weighted by atomic mass is 9.97. The van der Waals surface area contributed by atoms with Gasteiger partial charge in [0.1, 0.15) is 28.6 Å². The number of nitrogens with one attached hydrogen (secondary N) is 1. The zero-order valence-electron chi connectivity index (χ0n) is 21.0. The fourth-order valence-electron chi connectivity index (χ4n) is 4.29. The summed E-state index contributed by atoms with van der Waals surface area (Å²) < 4.78 is 47.8. The molecule has 0 radical (unpaired) electrons. The third-order valence-corrected chi connectivity index (χ3v) is 5.93. The molecule has 1 aromatic heterocycles. The number of amides is 2. The highest BCUT2D eigenvalue weighted by molar-refractivity contribution is 5.95. The van der Waals surface area contributed by atoms with Crippen LogP contribution in [0.5, 0.6) is 0 Å². The van der Waals surface area contributed by atoms with Gasteiger partial charge in [0.2, 0.25) is 0 Å². The lowest BCUT2D eigenvalue weighted by molar-refractivity contribution is -0.0414. The molecule has 1 aliphatic rings. The van der Waals surface area contributed by atoms with Crippen LogP contribution in [-0.4, -0.2) is 55.3 Å². The number of carbonyl (C=O) groups excluding carboxylic acids is 2. The van der Waals surface area contributed by atoms with E-state index >= 15 is 8.78 Å². The van der Waals surface area contributed by atoms with Crippen LogP contribution in [0.4, 0.5) is 13.6 Å². The number of aryl methyl sites for hydroxylation is 1. The third-order valence-electron chi connectivity index (χ3n) is 5.93. The maximum Gasteiger partial charge on any atom is 0.410 e. The molecule has 7 nitrogen and oxygen atoms in total. The lowest BCUT2D eigenvalue weighted by Crippen LogP contribution is -2.48. The van der Waals surface area contributed by atoms with E-state index in [1.165, 1.54) is 7.05 Å². The summed E-state index contributed by atoms with van der Waals surface area (Å²) in [6, 6.07) is 7.50. The number of benzene rings is 2. The van der Waals surface area contributed by atoms with E-state index < -0.39 is 35.3 Å². The molecule has 1 fully saturated rings. The van der Waals surface area contributed by atoms with Crippen LogP contribution in [0.25, 0.3) is 22.3 Å². The lowest BCUT2D eigenvalue weighted by Gasteiger charge is -2.34. The summed E-state index contributed by atoms with van der Waals surface area (Å²) in [7, 11) is 1.39. The zero-order valence-corrected chi connectivity index (χ0v) is 21.0. The van der Waals surface area contributed by atoms with Crippen molar-refractivity contribution in [2.75, 3.05) is 26.7 Å². The number of hydrogen-bond acceptors (Lipinski definition) is 5. The molecule has 0 saturated carbocycles. The molecule has 1 N–H and O–H groups in total. The van der Waals surface area contributed by atoms with Crippen LogP contribution in [0.2, 0.25) is 0 Å². The summed E-state index contributed by atoms with van der Waals surface area (Å²) in [6.07, 6.45) is -0.630. The van der Waals surface area contributed by atoms with Crippen molar-refractivity contribution < 1.29 is 32.3 Å². The number of halogens is 2. The Morgan fingerprint density at radius 3 is 2.50 bits per heavy atom. The second-order valence-electron chi connectivity index (χ2n) is 9.93. The highest BCUT2D eigenvalue weighted by atomic mass is 19.1. The summed E-state index contributed by atoms with van der Waals surface area (Å²) in [5.74, 6) is -2.39.